The molecular weight excluding hydrogens is 481 g/mol. The number of morpholine rings is 1. The Hall–Kier alpha value is -2.79. The van der Waals surface area contributed by atoms with Gasteiger partial charge in [-0.25, -0.2) is 4.98 Å². The molecule has 0 spiro atoms. The van der Waals surface area contributed by atoms with Crippen molar-refractivity contribution in [1.29, 1.82) is 0 Å². The molecule has 1 saturated heterocycles. The average molecular weight is 499 g/mol. The van der Waals surface area contributed by atoms with E-state index in [0.29, 0.717) is 53.1 Å². The van der Waals surface area contributed by atoms with Crippen molar-refractivity contribution < 1.29 is 27.4 Å². The topological polar surface area (TPSA) is 68.6 Å². The minimum Gasteiger partial charge on any atom is -0.404 e. The summed E-state index contributed by atoms with van der Waals surface area (Å²) in [6.45, 7) is 1.92. The number of nitrogens with zero attached hydrogens (tertiary/aromatic N) is 3. The largest absolute Gasteiger partial charge is 0.573 e. The summed E-state index contributed by atoms with van der Waals surface area (Å²) in [5, 5.41) is 3.51. The number of amides is 1. The van der Waals surface area contributed by atoms with E-state index in [2.05, 4.69) is 31.0 Å². The van der Waals surface area contributed by atoms with Crippen LogP contribution >= 0.6 is 15.9 Å². The van der Waals surface area contributed by atoms with Gasteiger partial charge in [-0.1, -0.05) is 15.9 Å². The number of alkyl halides is 3. The van der Waals surface area contributed by atoms with Crippen LogP contribution in [-0.2, 0) is 11.8 Å². The molecule has 11 heteroatoms. The summed E-state index contributed by atoms with van der Waals surface area (Å²) in [6.07, 6.45) is -1.64. The van der Waals surface area contributed by atoms with Crippen LogP contribution in [0.2, 0.25) is 0 Å². The van der Waals surface area contributed by atoms with Crippen LogP contribution in [0.15, 0.2) is 41.1 Å². The fraction of sp³-hybridized carbons (Fsp3) is 0.300. The van der Waals surface area contributed by atoms with E-state index in [9.17, 15) is 18.0 Å². The van der Waals surface area contributed by atoms with Gasteiger partial charge in [0.2, 0.25) is 0 Å². The molecule has 3 aromatic rings. The summed E-state index contributed by atoms with van der Waals surface area (Å²) in [6, 6.07) is 6.01. The summed E-state index contributed by atoms with van der Waals surface area (Å²) in [5.41, 5.74) is 1.13. The lowest BCUT2D eigenvalue weighted by Gasteiger charge is -2.27. The van der Waals surface area contributed by atoms with Crippen LogP contribution in [0, 0.1) is 0 Å². The summed E-state index contributed by atoms with van der Waals surface area (Å²) in [7, 11) is 1.79. The predicted molar refractivity (Wildman–Crippen MR) is 112 cm³/mol. The van der Waals surface area contributed by atoms with Gasteiger partial charge in [-0.05, 0) is 24.3 Å². The second-order valence-electron chi connectivity index (χ2n) is 6.93. The van der Waals surface area contributed by atoms with Gasteiger partial charge in [0.05, 0.1) is 30.0 Å². The van der Waals surface area contributed by atoms with E-state index >= 15 is 0 Å². The number of hydrogen-bond donors (Lipinski definition) is 1. The number of rotatable bonds is 4. The maximum Gasteiger partial charge on any atom is 0.573 e. The van der Waals surface area contributed by atoms with Crippen LogP contribution in [-0.4, -0.2) is 53.0 Å². The van der Waals surface area contributed by atoms with E-state index in [1.807, 2.05) is 0 Å². The third kappa shape index (κ3) is 4.62. The van der Waals surface area contributed by atoms with Gasteiger partial charge in [-0.15, -0.1) is 13.2 Å². The van der Waals surface area contributed by atoms with Gasteiger partial charge in [0, 0.05) is 42.4 Å². The molecule has 164 valence electrons. The second-order valence-corrected chi connectivity index (χ2v) is 7.84. The molecule has 7 nitrogen and oxygen atoms in total. The van der Waals surface area contributed by atoms with Crippen LogP contribution in [0.3, 0.4) is 0 Å². The lowest BCUT2D eigenvalue weighted by molar-refractivity contribution is -0.274. The van der Waals surface area contributed by atoms with E-state index in [0.717, 1.165) is 0 Å². The van der Waals surface area contributed by atoms with Crippen molar-refractivity contribution in [3.8, 4) is 5.75 Å². The highest BCUT2D eigenvalue weighted by molar-refractivity contribution is 9.10. The smallest absolute Gasteiger partial charge is 0.404 e. The quantitative estimate of drug-likeness (QED) is 0.575. The van der Waals surface area contributed by atoms with Gasteiger partial charge in [-0.3, -0.25) is 4.79 Å². The number of carbonyl (C=O) groups excluding carboxylic acids is 1. The minimum atomic E-state index is -4.85. The number of aromatic nitrogens is 2. The number of nitrogens with one attached hydrogen (secondary N) is 1. The lowest BCUT2D eigenvalue weighted by atomic mass is 10.1. The maximum absolute atomic E-state index is 13.0. The molecule has 0 radical (unpaired) electrons. The van der Waals surface area contributed by atoms with Crippen molar-refractivity contribution in [2.24, 2.45) is 7.05 Å². The Morgan fingerprint density at radius 3 is 2.71 bits per heavy atom. The number of hydrogen-bond acceptors (Lipinski definition) is 5. The first kappa shape index (κ1) is 21.4. The third-order valence-corrected chi connectivity index (χ3v) is 5.35. The normalized spacial score (nSPS) is 14.7. The summed E-state index contributed by atoms with van der Waals surface area (Å²) < 4.78 is 50.2. The fourth-order valence-electron chi connectivity index (χ4n) is 3.44. The number of anilines is 2. The molecule has 0 aliphatic carbocycles. The molecule has 0 atom stereocenters. The highest BCUT2D eigenvalue weighted by Gasteiger charge is 2.32. The first-order valence-electron chi connectivity index (χ1n) is 9.36. The van der Waals surface area contributed by atoms with Gasteiger partial charge in [0.25, 0.3) is 5.91 Å². The number of benzene rings is 1. The predicted octanol–water partition coefficient (Wildman–Crippen LogP) is 4.45. The molecule has 2 aromatic heterocycles. The third-order valence-electron chi connectivity index (χ3n) is 4.86. The number of ether oxygens (including phenoxy) is 2. The molecular formula is C20H18BrF3N4O3. The molecule has 3 heterocycles. The van der Waals surface area contributed by atoms with E-state index in [4.69, 9.17) is 4.74 Å². The van der Waals surface area contributed by atoms with Crippen molar-refractivity contribution >= 4 is 44.2 Å². The van der Waals surface area contributed by atoms with Gasteiger partial charge in [0.15, 0.2) is 5.75 Å². The molecule has 1 aromatic carbocycles. The Kier molecular flexibility index (Phi) is 5.80. The molecule has 4 rings (SSSR count). The highest BCUT2D eigenvalue weighted by atomic mass is 79.9. The van der Waals surface area contributed by atoms with Gasteiger partial charge < -0.3 is 24.3 Å². The van der Waals surface area contributed by atoms with Crippen LogP contribution in [0.1, 0.15) is 10.4 Å². The van der Waals surface area contributed by atoms with Crippen molar-refractivity contribution in [2.75, 3.05) is 31.6 Å². The van der Waals surface area contributed by atoms with Crippen molar-refractivity contribution in [1.82, 2.24) is 14.5 Å². The Balaban J connectivity index is 1.72. The zero-order valence-corrected chi connectivity index (χ0v) is 18.0. The summed E-state index contributed by atoms with van der Waals surface area (Å²) in [5.74, 6) is -0.261. The first-order chi connectivity index (χ1) is 14.7. The second kappa shape index (κ2) is 8.39. The average Bonchev–Trinajstić information content (AvgIpc) is 3.11. The minimum absolute atomic E-state index is 0.0884. The molecule has 1 amide bonds. The van der Waals surface area contributed by atoms with Gasteiger partial charge >= 0.3 is 6.36 Å². The molecule has 1 N–H and O–H groups in total. The SMILES string of the molecule is Cn1ccc2c(Nc3ccc(Br)cc3OC(F)(F)F)ncc(C(=O)N3CCOCC3)c21. The zero-order chi connectivity index (χ0) is 22.2. The first-order valence-corrected chi connectivity index (χ1v) is 10.2. The summed E-state index contributed by atoms with van der Waals surface area (Å²) >= 11 is 3.15. The van der Waals surface area contributed by atoms with Crippen LogP contribution in [0.25, 0.3) is 10.9 Å². The molecule has 0 saturated carbocycles. The Labute approximate surface area is 183 Å². The monoisotopic (exact) mass is 498 g/mol. The van der Waals surface area contributed by atoms with E-state index < -0.39 is 12.1 Å². The van der Waals surface area contributed by atoms with E-state index in [1.54, 1.807) is 34.8 Å². The molecule has 0 unspecified atom stereocenters. The van der Waals surface area contributed by atoms with E-state index in [-0.39, 0.29) is 11.6 Å². The van der Waals surface area contributed by atoms with Crippen LogP contribution < -0.4 is 10.1 Å². The van der Waals surface area contributed by atoms with Gasteiger partial charge in [-0.2, -0.15) is 0 Å². The van der Waals surface area contributed by atoms with Crippen molar-refractivity contribution in [2.45, 2.75) is 6.36 Å². The number of fused-ring (bicyclic) bond motifs is 1. The van der Waals surface area contributed by atoms with E-state index in [1.165, 1.54) is 18.3 Å². The zero-order valence-electron chi connectivity index (χ0n) is 16.4. The van der Waals surface area contributed by atoms with Crippen LogP contribution in [0.5, 0.6) is 5.75 Å². The van der Waals surface area contributed by atoms with Crippen molar-refractivity contribution in [3.63, 3.8) is 0 Å². The van der Waals surface area contributed by atoms with Gasteiger partial charge in [0.1, 0.15) is 5.82 Å². The Morgan fingerprint density at radius 2 is 2.00 bits per heavy atom. The molecule has 1 aliphatic heterocycles. The van der Waals surface area contributed by atoms with Crippen molar-refractivity contribution in [3.05, 3.63) is 46.7 Å². The van der Waals surface area contributed by atoms with Crippen LogP contribution in [0.4, 0.5) is 24.7 Å². The molecule has 1 aliphatic rings. The maximum atomic E-state index is 13.0. The number of aryl methyl sites for hydroxylation is 1. The number of carbonyl (C=O) groups is 1. The summed E-state index contributed by atoms with van der Waals surface area (Å²) in [4.78, 5) is 19.1. The lowest BCUT2D eigenvalue weighted by Crippen LogP contribution is -2.40. The highest BCUT2D eigenvalue weighted by Crippen LogP contribution is 2.36. The Morgan fingerprint density at radius 1 is 1.26 bits per heavy atom. The fourth-order valence-corrected chi connectivity index (χ4v) is 3.78. The Bertz CT molecular complexity index is 1130. The molecule has 0 bridgehead atoms. The number of halogens is 4. The standard InChI is InChI=1S/C20H18BrF3N4O3/c1-27-5-4-13-17(27)14(19(29)28-6-8-30-9-7-28)11-25-18(13)26-15-3-2-12(21)10-16(15)31-20(22,23)24/h2-5,10-11H,6-9H2,1H3,(H,25,26). The molecule has 31 heavy (non-hydrogen) atoms. The number of pyridine rings is 1. The molecule has 1 fully saturated rings.